The highest BCUT2D eigenvalue weighted by atomic mass is 16.2. The first-order chi connectivity index (χ1) is 9.19. The summed E-state index contributed by atoms with van der Waals surface area (Å²) in [5.74, 6) is -0.106. The van der Waals surface area contributed by atoms with E-state index < -0.39 is 6.04 Å². The van der Waals surface area contributed by atoms with Crippen molar-refractivity contribution in [2.45, 2.75) is 84.0 Å². The van der Waals surface area contributed by atoms with Crippen LogP contribution in [0.5, 0.6) is 0 Å². The third-order valence-corrected chi connectivity index (χ3v) is 3.49. The molecule has 0 radical (unpaired) electrons. The van der Waals surface area contributed by atoms with E-state index in [0.29, 0.717) is 6.04 Å². The summed E-state index contributed by atoms with van der Waals surface area (Å²) in [6.45, 7) is 9.39. The number of hydrogen-bond donors (Lipinski definition) is 3. The molecule has 0 aromatic rings. The summed E-state index contributed by atoms with van der Waals surface area (Å²) in [4.78, 5) is 24.0. The summed E-state index contributed by atoms with van der Waals surface area (Å²) < 4.78 is 0. The summed E-state index contributed by atoms with van der Waals surface area (Å²) in [6.07, 6.45) is 4.52. The van der Waals surface area contributed by atoms with Crippen molar-refractivity contribution in [3.05, 3.63) is 0 Å². The lowest BCUT2D eigenvalue weighted by molar-refractivity contribution is -0.126. The van der Waals surface area contributed by atoms with Crippen molar-refractivity contribution in [1.82, 2.24) is 16.0 Å². The van der Waals surface area contributed by atoms with E-state index >= 15 is 0 Å². The Kier molecular flexibility index (Phi) is 5.99. The van der Waals surface area contributed by atoms with Crippen molar-refractivity contribution in [1.29, 1.82) is 0 Å². The summed E-state index contributed by atoms with van der Waals surface area (Å²) in [5.41, 5.74) is -0.262. The Morgan fingerprint density at radius 2 is 1.50 bits per heavy atom. The van der Waals surface area contributed by atoms with E-state index in [1.54, 1.807) is 13.8 Å². The fourth-order valence-corrected chi connectivity index (χ4v) is 2.40. The molecule has 2 unspecified atom stereocenters. The van der Waals surface area contributed by atoms with E-state index in [9.17, 15) is 9.59 Å². The molecule has 116 valence electrons. The van der Waals surface area contributed by atoms with Crippen molar-refractivity contribution >= 4 is 11.8 Å². The number of carbonyl (C=O) groups is 2. The number of hydrogen-bond acceptors (Lipinski definition) is 3. The van der Waals surface area contributed by atoms with Gasteiger partial charge in [-0.05, 0) is 47.5 Å². The third-order valence-electron chi connectivity index (χ3n) is 3.49. The molecule has 0 spiro atoms. The first-order valence-corrected chi connectivity index (χ1v) is 7.57. The standard InChI is InChI=1S/C15H29N3O2/c1-10(13(19)17-12-8-6-7-9-12)16-11(2)14(20)18-15(3,4)5/h10-12,16H,6-9H2,1-5H3,(H,17,19)(H,18,20). The van der Waals surface area contributed by atoms with Crippen molar-refractivity contribution in [3.63, 3.8) is 0 Å². The maximum atomic E-state index is 12.0. The van der Waals surface area contributed by atoms with Crippen LogP contribution in [0, 0.1) is 0 Å². The lowest BCUT2D eigenvalue weighted by atomic mass is 10.1. The van der Waals surface area contributed by atoms with Gasteiger partial charge >= 0.3 is 0 Å². The van der Waals surface area contributed by atoms with Crippen LogP contribution < -0.4 is 16.0 Å². The second kappa shape index (κ2) is 7.07. The maximum absolute atomic E-state index is 12.0. The number of carbonyl (C=O) groups excluding carboxylic acids is 2. The van der Waals surface area contributed by atoms with Crippen LogP contribution in [-0.4, -0.2) is 35.5 Å². The molecule has 1 saturated carbocycles. The molecule has 2 atom stereocenters. The Balaban J connectivity index is 2.37. The minimum Gasteiger partial charge on any atom is -0.352 e. The van der Waals surface area contributed by atoms with Crippen molar-refractivity contribution < 1.29 is 9.59 Å². The van der Waals surface area contributed by atoms with Gasteiger partial charge in [0.25, 0.3) is 0 Å². The number of nitrogens with one attached hydrogen (secondary N) is 3. The third kappa shape index (κ3) is 5.90. The van der Waals surface area contributed by atoms with Crippen molar-refractivity contribution in [2.75, 3.05) is 0 Å². The monoisotopic (exact) mass is 283 g/mol. The highest BCUT2D eigenvalue weighted by Crippen LogP contribution is 2.17. The van der Waals surface area contributed by atoms with Gasteiger partial charge in [-0.2, -0.15) is 0 Å². The number of amides is 2. The zero-order valence-electron chi connectivity index (χ0n) is 13.4. The first kappa shape index (κ1) is 17.0. The molecule has 0 aliphatic heterocycles. The second-order valence-corrected chi connectivity index (χ2v) is 6.84. The van der Waals surface area contributed by atoms with Gasteiger partial charge in [0, 0.05) is 11.6 Å². The zero-order chi connectivity index (χ0) is 15.3. The van der Waals surface area contributed by atoms with E-state index in [4.69, 9.17) is 0 Å². The molecule has 5 nitrogen and oxygen atoms in total. The summed E-state index contributed by atoms with van der Waals surface area (Å²) in [7, 11) is 0. The quantitative estimate of drug-likeness (QED) is 0.713. The molecule has 3 N–H and O–H groups in total. The van der Waals surface area contributed by atoms with E-state index in [2.05, 4.69) is 16.0 Å². The van der Waals surface area contributed by atoms with Gasteiger partial charge in [0.2, 0.25) is 11.8 Å². The molecule has 0 heterocycles. The van der Waals surface area contributed by atoms with Gasteiger partial charge < -0.3 is 10.6 Å². The average Bonchev–Trinajstić information content (AvgIpc) is 2.79. The van der Waals surface area contributed by atoms with Gasteiger partial charge in [-0.3, -0.25) is 14.9 Å². The number of rotatable bonds is 5. The molecular formula is C15H29N3O2. The molecule has 1 fully saturated rings. The van der Waals surface area contributed by atoms with Crippen LogP contribution in [0.2, 0.25) is 0 Å². The topological polar surface area (TPSA) is 70.2 Å². The predicted octanol–water partition coefficient (Wildman–Crippen LogP) is 1.33. The Bertz CT molecular complexity index is 344. The van der Waals surface area contributed by atoms with Gasteiger partial charge in [0.05, 0.1) is 12.1 Å². The molecule has 1 rings (SSSR count). The van der Waals surface area contributed by atoms with E-state index in [1.165, 1.54) is 12.8 Å². The van der Waals surface area contributed by atoms with Crippen LogP contribution in [-0.2, 0) is 9.59 Å². The van der Waals surface area contributed by atoms with Crippen LogP contribution in [0.3, 0.4) is 0 Å². The average molecular weight is 283 g/mol. The highest BCUT2D eigenvalue weighted by Gasteiger charge is 2.24. The minimum absolute atomic E-state index is 0.0210. The maximum Gasteiger partial charge on any atom is 0.237 e. The fraction of sp³-hybridized carbons (Fsp3) is 0.867. The van der Waals surface area contributed by atoms with Crippen molar-refractivity contribution in [2.24, 2.45) is 0 Å². The Morgan fingerprint density at radius 1 is 1.00 bits per heavy atom. The predicted molar refractivity (Wildman–Crippen MR) is 80.4 cm³/mol. The van der Waals surface area contributed by atoms with Gasteiger partial charge in [-0.1, -0.05) is 12.8 Å². The summed E-state index contributed by atoms with van der Waals surface area (Å²) in [5, 5.41) is 8.99. The van der Waals surface area contributed by atoms with Gasteiger partial charge in [-0.25, -0.2) is 0 Å². The summed E-state index contributed by atoms with van der Waals surface area (Å²) >= 11 is 0. The van der Waals surface area contributed by atoms with Crippen LogP contribution in [0.15, 0.2) is 0 Å². The normalized spacial score (nSPS) is 19.4. The highest BCUT2D eigenvalue weighted by molar-refractivity contribution is 5.85. The second-order valence-electron chi connectivity index (χ2n) is 6.84. The van der Waals surface area contributed by atoms with Crippen LogP contribution in [0.1, 0.15) is 60.3 Å². The molecule has 0 aromatic carbocycles. The van der Waals surface area contributed by atoms with E-state index in [1.807, 2.05) is 20.8 Å². The fourth-order valence-electron chi connectivity index (χ4n) is 2.40. The van der Waals surface area contributed by atoms with Crippen LogP contribution >= 0.6 is 0 Å². The Labute approximate surface area is 122 Å². The lowest BCUT2D eigenvalue weighted by Crippen LogP contribution is -2.54. The van der Waals surface area contributed by atoms with Gasteiger partial charge in [0.1, 0.15) is 0 Å². The molecule has 0 saturated heterocycles. The SMILES string of the molecule is CC(NC(C)C(=O)NC(C)(C)C)C(=O)NC1CCCC1. The van der Waals surface area contributed by atoms with Crippen LogP contribution in [0.4, 0.5) is 0 Å². The smallest absolute Gasteiger partial charge is 0.237 e. The zero-order valence-corrected chi connectivity index (χ0v) is 13.4. The first-order valence-electron chi connectivity index (χ1n) is 7.57. The Morgan fingerprint density at radius 3 is 2.00 bits per heavy atom. The molecule has 0 aromatic heterocycles. The molecule has 0 bridgehead atoms. The van der Waals surface area contributed by atoms with Gasteiger partial charge in [-0.15, -0.1) is 0 Å². The van der Waals surface area contributed by atoms with Crippen LogP contribution in [0.25, 0.3) is 0 Å². The largest absolute Gasteiger partial charge is 0.352 e. The molecule has 1 aliphatic carbocycles. The Hall–Kier alpha value is -1.10. The van der Waals surface area contributed by atoms with Crippen molar-refractivity contribution in [3.8, 4) is 0 Å². The molecule has 1 aliphatic rings. The minimum atomic E-state index is -0.390. The molecular weight excluding hydrogens is 254 g/mol. The van der Waals surface area contributed by atoms with E-state index in [-0.39, 0.29) is 23.4 Å². The molecule has 2 amide bonds. The molecule has 20 heavy (non-hydrogen) atoms. The van der Waals surface area contributed by atoms with E-state index in [0.717, 1.165) is 12.8 Å². The summed E-state index contributed by atoms with van der Waals surface area (Å²) in [6, 6.07) is -0.444. The molecule has 5 heteroatoms. The lowest BCUT2D eigenvalue weighted by Gasteiger charge is -2.25. The van der Waals surface area contributed by atoms with Gasteiger partial charge in [0.15, 0.2) is 0 Å².